The molecule has 21 heteroatoms. The van der Waals surface area contributed by atoms with Gasteiger partial charge in [-0.15, -0.1) is 0 Å². The number of aliphatic hydroxyl groups is 2. The molecular weight excluding hydrogens is 481 g/mol. The average Bonchev–Trinajstić information content (AvgIpc) is 3.03. The molecule has 1 amide bonds. The largest absolute Gasteiger partial charge is 0.490 e. The number of aromatic nitrogens is 2. The van der Waals surface area contributed by atoms with Gasteiger partial charge in [0.25, 0.3) is 5.91 Å². The van der Waals surface area contributed by atoms with Crippen LogP contribution in [0.3, 0.4) is 0 Å². The molecule has 18 nitrogen and oxygen atoms in total. The number of ether oxygens (including phenoxy) is 1. The van der Waals surface area contributed by atoms with Crippen LogP contribution < -0.4 is 11.5 Å². The number of phosphoric ester groups is 1. The first-order valence-electron chi connectivity index (χ1n) is 7.45. The van der Waals surface area contributed by atoms with Gasteiger partial charge in [0, 0.05) is 0 Å². The molecule has 6 atom stereocenters. The van der Waals surface area contributed by atoms with Crippen LogP contribution in [0.15, 0.2) is 6.33 Å². The molecule has 1 fully saturated rings. The normalized spacial score (nSPS) is 28.7. The van der Waals surface area contributed by atoms with E-state index in [0.717, 1.165) is 10.9 Å². The van der Waals surface area contributed by atoms with Gasteiger partial charge in [-0.3, -0.25) is 13.9 Å². The monoisotopic (exact) mass is 498 g/mol. The minimum absolute atomic E-state index is 0.313. The van der Waals surface area contributed by atoms with Gasteiger partial charge in [-0.2, -0.15) is 8.62 Å². The molecule has 172 valence electrons. The molecule has 10 N–H and O–H groups in total. The van der Waals surface area contributed by atoms with Gasteiger partial charge in [0.05, 0.1) is 12.9 Å². The van der Waals surface area contributed by atoms with Crippen LogP contribution in [0.5, 0.6) is 0 Å². The predicted molar refractivity (Wildman–Crippen MR) is 90.9 cm³/mol. The minimum Gasteiger partial charge on any atom is -0.387 e. The lowest BCUT2D eigenvalue weighted by Crippen LogP contribution is -2.33. The molecule has 0 radical (unpaired) electrons. The summed E-state index contributed by atoms with van der Waals surface area (Å²) >= 11 is 0. The molecule has 2 rings (SSSR count). The van der Waals surface area contributed by atoms with Crippen LogP contribution in [-0.2, 0) is 31.6 Å². The molecule has 1 aromatic heterocycles. The SMILES string of the molecule is NC(=O)c1ncn([C@@H]2O[C@H](COP(=O)(O)OP(=O)(O)OP(=O)(O)O)[C@@H](O)[C@H]2O)c1N. The van der Waals surface area contributed by atoms with Crippen molar-refractivity contribution in [2.75, 3.05) is 12.3 Å². The van der Waals surface area contributed by atoms with E-state index < -0.39 is 60.5 Å². The van der Waals surface area contributed by atoms with Crippen molar-refractivity contribution in [3.63, 3.8) is 0 Å². The van der Waals surface area contributed by atoms with Gasteiger partial charge < -0.3 is 46.0 Å². The van der Waals surface area contributed by atoms with E-state index >= 15 is 0 Å². The maximum absolute atomic E-state index is 11.7. The van der Waals surface area contributed by atoms with Crippen LogP contribution in [0.4, 0.5) is 5.82 Å². The molecule has 0 spiro atoms. The molecule has 0 aliphatic carbocycles. The standard InChI is InChI=1S/C9H17N4O14P3/c10-7-4(8(11)16)12-2-13(7)9-6(15)5(14)3(25-9)1-24-29(20,21)27-30(22,23)26-28(17,18)19/h2-3,5-6,9,14-15H,1,10H2,(H2,11,16)(H,20,21)(H,22,23)(H2,17,18,19)/t3-,5-,6-,9-/m1/s1. The molecule has 0 bridgehead atoms. The summed E-state index contributed by atoms with van der Waals surface area (Å²) in [5.74, 6) is -1.30. The molecule has 2 heterocycles. The molecule has 30 heavy (non-hydrogen) atoms. The van der Waals surface area contributed by atoms with E-state index in [1.54, 1.807) is 0 Å². The predicted octanol–water partition coefficient (Wildman–Crippen LogP) is -2.47. The molecule has 1 aliphatic heterocycles. The number of hydrogen-bond donors (Lipinski definition) is 8. The molecule has 1 aromatic rings. The number of imidazole rings is 1. The highest BCUT2D eigenvalue weighted by Crippen LogP contribution is 2.66. The highest BCUT2D eigenvalue weighted by molar-refractivity contribution is 7.66. The maximum Gasteiger partial charge on any atom is 0.490 e. The van der Waals surface area contributed by atoms with E-state index in [1.165, 1.54) is 0 Å². The van der Waals surface area contributed by atoms with Crippen molar-refractivity contribution >= 4 is 35.2 Å². The zero-order valence-electron chi connectivity index (χ0n) is 14.4. The zero-order chi connectivity index (χ0) is 23.1. The molecule has 0 saturated carbocycles. The van der Waals surface area contributed by atoms with Gasteiger partial charge in [-0.25, -0.2) is 18.7 Å². The maximum atomic E-state index is 11.7. The van der Waals surface area contributed by atoms with Crippen LogP contribution in [0.1, 0.15) is 16.7 Å². The number of aliphatic hydroxyl groups excluding tert-OH is 2. The average molecular weight is 498 g/mol. The van der Waals surface area contributed by atoms with E-state index in [9.17, 15) is 33.6 Å². The van der Waals surface area contributed by atoms with Crippen LogP contribution in [0, 0.1) is 0 Å². The lowest BCUT2D eigenvalue weighted by atomic mass is 10.1. The topological polar surface area (TPSA) is 296 Å². The first-order valence-corrected chi connectivity index (χ1v) is 12.0. The van der Waals surface area contributed by atoms with Crippen LogP contribution in [-0.4, -0.2) is 70.2 Å². The Labute approximate surface area is 166 Å². The third kappa shape index (κ3) is 6.15. The summed E-state index contributed by atoms with van der Waals surface area (Å²) in [6.45, 7) is -1.02. The summed E-state index contributed by atoms with van der Waals surface area (Å²) in [4.78, 5) is 50.2. The van der Waals surface area contributed by atoms with Crippen molar-refractivity contribution in [3.8, 4) is 0 Å². The number of amides is 1. The van der Waals surface area contributed by atoms with E-state index in [4.69, 9.17) is 30.9 Å². The van der Waals surface area contributed by atoms with Crippen molar-refractivity contribution in [1.82, 2.24) is 9.55 Å². The first-order chi connectivity index (χ1) is 13.5. The smallest absolute Gasteiger partial charge is 0.387 e. The van der Waals surface area contributed by atoms with Crippen LogP contribution in [0.2, 0.25) is 0 Å². The highest BCUT2D eigenvalue weighted by atomic mass is 31.3. The quantitative estimate of drug-likeness (QED) is 0.164. The highest BCUT2D eigenvalue weighted by Gasteiger charge is 2.47. The second-order valence-electron chi connectivity index (χ2n) is 5.68. The van der Waals surface area contributed by atoms with Crippen LogP contribution in [0.25, 0.3) is 0 Å². The summed E-state index contributed by atoms with van der Waals surface area (Å²) in [6, 6.07) is 0. The zero-order valence-corrected chi connectivity index (χ0v) is 17.1. The van der Waals surface area contributed by atoms with E-state index in [-0.39, 0.29) is 11.5 Å². The van der Waals surface area contributed by atoms with Crippen molar-refractivity contribution in [1.29, 1.82) is 0 Å². The van der Waals surface area contributed by atoms with Crippen molar-refractivity contribution < 1.29 is 66.2 Å². The van der Waals surface area contributed by atoms with Crippen molar-refractivity contribution in [3.05, 3.63) is 12.0 Å². The summed E-state index contributed by atoms with van der Waals surface area (Å²) in [6.07, 6.45) is -5.44. The minimum atomic E-state index is -5.72. The van der Waals surface area contributed by atoms with Gasteiger partial charge >= 0.3 is 23.5 Å². The fourth-order valence-electron chi connectivity index (χ4n) is 2.33. The lowest BCUT2D eigenvalue weighted by molar-refractivity contribution is -0.0510. The first kappa shape index (κ1) is 25.0. The number of phosphoric acid groups is 3. The fraction of sp³-hybridized carbons (Fsp3) is 0.556. The molecule has 0 aromatic carbocycles. The number of rotatable bonds is 9. The third-order valence-electron chi connectivity index (χ3n) is 3.49. The van der Waals surface area contributed by atoms with Gasteiger partial charge in [-0.05, 0) is 0 Å². The van der Waals surface area contributed by atoms with Crippen LogP contribution >= 0.6 is 23.5 Å². The van der Waals surface area contributed by atoms with Crippen molar-refractivity contribution in [2.45, 2.75) is 24.5 Å². The number of anilines is 1. The van der Waals surface area contributed by atoms with Crippen molar-refractivity contribution in [2.24, 2.45) is 5.73 Å². The second-order valence-corrected chi connectivity index (χ2v) is 10.1. The molecule has 1 aliphatic rings. The Morgan fingerprint density at radius 2 is 1.73 bits per heavy atom. The van der Waals surface area contributed by atoms with Gasteiger partial charge in [0.2, 0.25) is 0 Å². The molecular formula is C9H17N4O14P3. The number of primary amides is 1. The van der Waals surface area contributed by atoms with Gasteiger partial charge in [0.15, 0.2) is 11.9 Å². The number of carbonyl (C=O) groups excluding carboxylic acids is 1. The number of nitrogen functional groups attached to an aromatic ring is 1. The Kier molecular flexibility index (Phi) is 7.28. The van der Waals surface area contributed by atoms with E-state index in [1.807, 2.05) is 0 Å². The van der Waals surface area contributed by atoms with E-state index in [2.05, 4.69) is 18.1 Å². The Bertz CT molecular complexity index is 945. The summed E-state index contributed by atoms with van der Waals surface area (Å²) in [7, 11) is -16.8. The number of hydrogen-bond acceptors (Lipinski definition) is 12. The Balaban J connectivity index is 2.06. The van der Waals surface area contributed by atoms with Gasteiger partial charge in [-0.1, -0.05) is 0 Å². The number of nitrogens with zero attached hydrogens (tertiary/aromatic N) is 2. The van der Waals surface area contributed by atoms with Gasteiger partial charge in [0.1, 0.15) is 24.1 Å². The fourth-order valence-corrected chi connectivity index (χ4v) is 5.36. The number of nitrogens with two attached hydrogens (primary N) is 2. The third-order valence-corrected chi connectivity index (χ3v) is 7.30. The lowest BCUT2D eigenvalue weighted by Gasteiger charge is -2.19. The summed E-state index contributed by atoms with van der Waals surface area (Å²) in [5, 5.41) is 20.1. The molecule has 2 unspecified atom stereocenters. The Morgan fingerprint density at radius 3 is 2.23 bits per heavy atom. The Hall–Kier alpha value is -1.23. The second kappa shape index (κ2) is 8.72. The van der Waals surface area contributed by atoms with E-state index in [0.29, 0.717) is 0 Å². The Morgan fingerprint density at radius 1 is 1.13 bits per heavy atom. The summed E-state index contributed by atoms with van der Waals surface area (Å²) in [5.41, 5.74) is 10.4. The molecule has 1 saturated heterocycles. The summed E-state index contributed by atoms with van der Waals surface area (Å²) < 4.78 is 51.1. The number of carbonyl (C=O) groups is 1.